The third-order valence-corrected chi connectivity index (χ3v) is 2.69. The van der Waals surface area contributed by atoms with E-state index >= 15 is 0 Å². The normalized spacial score (nSPS) is 13.1. The number of hydrogen-bond donors (Lipinski definition) is 1. The van der Waals surface area contributed by atoms with E-state index in [2.05, 4.69) is 4.98 Å². The molecule has 0 spiro atoms. The Labute approximate surface area is 114 Å². The van der Waals surface area contributed by atoms with Crippen LogP contribution in [0.25, 0.3) is 0 Å². The predicted octanol–water partition coefficient (Wildman–Crippen LogP) is 3.91. The van der Waals surface area contributed by atoms with E-state index in [-0.39, 0.29) is 11.6 Å². The number of nitrogens with two attached hydrogens (primary N) is 1. The van der Waals surface area contributed by atoms with Crippen LogP contribution in [-0.4, -0.2) is 4.98 Å². The van der Waals surface area contributed by atoms with Crippen LogP contribution in [-0.2, 0) is 6.18 Å². The standard InChI is InChI=1S/C14H13F3N2O/c1-9(18)10-5-4-8-19-13(10)20-12-7-3-2-6-11(12)14(15,16)17/h2-9H,18H2,1H3/t9-/m1/s1. The average molecular weight is 282 g/mol. The minimum absolute atomic E-state index is 0.0826. The van der Waals surface area contributed by atoms with Gasteiger partial charge in [-0.15, -0.1) is 0 Å². The molecule has 1 heterocycles. The Bertz CT molecular complexity index is 597. The summed E-state index contributed by atoms with van der Waals surface area (Å²) in [5.41, 5.74) is 5.45. The molecule has 0 aliphatic heterocycles. The van der Waals surface area contributed by atoms with Crippen molar-refractivity contribution in [3.8, 4) is 11.6 Å². The van der Waals surface area contributed by atoms with E-state index in [9.17, 15) is 13.2 Å². The zero-order valence-electron chi connectivity index (χ0n) is 10.7. The Hall–Kier alpha value is -2.08. The summed E-state index contributed by atoms with van der Waals surface area (Å²) in [5.74, 6) is -0.209. The van der Waals surface area contributed by atoms with Gasteiger partial charge in [0.25, 0.3) is 0 Å². The molecule has 0 unspecified atom stereocenters. The molecule has 0 fully saturated rings. The Morgan fingerprint density at radius 3 is 2.50 bits per heavy atom. The number of para-hydroxylation sites is 1. The first kappa shape index (κ1) is 14.3. The molecule has 1 aromatic heterocycles. The van der Waals surface area contributed by atoms with Crippen molar-refractivity contribution in [3.05, 3.63) is 53.7 Å². The molecule has 2 N–H and O–H groups in total. The molecule has 3 nitrogen and oxygen atoms in total. The van der Waals surface area contributed by atoms with Gasteiger partial charge in [-0.2, -0.15) is 13.2 Å². The van der Waals surface area contributed by atoms with Gasteiger partial charge in [-0.1, -0.05) is 18.2 Å². The van der Waals surface area contributed by atoms with Gasteiger partial charge in [0.2, 0.25) is 5.88 Å². The molecule has 106 valence electrons. The first-order valence-electron chi connectivity index (χ1n) is 5.94. The largest absolute Gasteiger partial charge is 0.438 e. The smallest absolute Gasteiger partial charge is 0.419 e. The number of hydrogen-bond acceptors (Lipinski definition) is 3. The maximum Gasteiger partial charge on any atom is 0.419 e. The quantitative estimate of drug-likeness (QED) is 0.928. The van der Waals surface area contributed by atoms with Crippen LogP contribution in [0.3, 0.4) is 0 Å². The number of alkyl halides is 3. The Balaban J connectivity index is 2.41. The van der Waals surface area contributed by atoms with Crippen LogP contribution in [0.4, 0.5) is 13.2 Å². The molecule has 0 aliphatic carbocycles. The van der Waals surface area contributed by atoms with Gasteiger partial charge in [0.05, 0.1) is 5.56 Å². The number of nitrogens with zero attached hydrogens (tertiary/aromatic N) is 1. The molecule has 1 atom stereocenters. The lowest BCUT2D eigenvalue weighted by molar-refractivity contribution is -0.138. The number of benzene rings is 1. The summed E-state index contributed by atoms with van der Waals surface area (Å²) in [6, 6.07) is 7.92. The maximum absolute atomic E-state index is 12.9. The van der Waals surface area contributed by atoms with Crippen LogP contribution < -0.4 is 10.5 Å². The minimum Gasteiger partial charge on any atom is -0.438 e. The van der Waals surface area contributed by atoms with E-state index in [1.165, 1.54) is 24.4 Å². The van der Waals surface area contributed by atoms with Gasteiger partial charge in [-0.25, -0.2) is 4.98 Å². The second-order valence-electron chi connectivity index (χ2n) is 4.28. The molecule has 0 saturated heterocycles. The lowest BCUT2D eigenvalue weighted by atomic mass is 10.1. The van der Waals surface area contributed by atoms with Gasteiger partial charge >= 0.3 is 6.18 Å². The summed E-state index contributed by atoms with van der Waals surface area (Å²) < 4.78 is 44.0. The Kier molecular flexibility index (Phi) is 3.94. The fourth-order valence-electron chi connectivity index (χ4n) is 1.73. The van der Waals surface area contributed by atoms with Crippen LogP contribution in [0.5, 0.6) is 11.6 Å². The predicted molar refractivity (Wildman–Crippen MR) is 68.4 cm³/mol. The highest BCUT2D eigenvalue weighted by atomic mass is 19.4. The third-order valence-electron chi connectivity index (χ3n) is 2.69. The molecule has 2 rings (SSSR count). The second-order valence-corrected chi connectivity index (χ2v) is 4.28. The highest BCUT2D eigenvalue weighted by Crippen LogP contribution is 2.38. The van der Waals surface area contributed by atoms with Crippen LogP contribution in [0, 0.1) is 0 Å². The third kappa shape index (κ3) is 3.08. The van der Waals surface area contributed by atoms with Gasteiger partial charge in [0.15, 0.2) is 0 Å². The molecule has 0 bridgehead atoms. The van der Waals surface area contributed by atoms with E-state index < -0.39 is 17.8 Å². The van der Waals surface area contributed by atoms with Crippen molar-refractivity contribution in [3.63, 3.8) is 0 Å². The SMILES string of the molecule is C[C@@H](N)c1cccnc1Oc1ccccc1C(F)(F)F. The molecule has 0 radical (unpaired) electrons. The molecule has 2 aromatic rings. The van der Waals surface area contributed by atoms with Crippen LogP contribution in [0.1, 0.15) is 24.1 Å². The Morgan fingerprint density at radius 2 is 1.85 bits per heavy atom. The monoisotopic (exact) mass is 282 g/mol. The van der Waals surface area contributed by atoms with E-state index in [0.717, 1.165) is 6.07 Å². The lowest BCUT2D eigenvalue weighted by Crippen LogP contribution is -2.10. The molecule has 0 aliphatic rings. The summed E-state index contributed by atoms with van der Waals surface area (Å²) >= 11 is 0. The van der Waals surface area contributed by atoms with Crippen molar-refractivity contribution in [2.45, 2.75) is 19.1 Å². The summed E-state index contributed by atoms with van der Waals surface area (Å²) in [5, 5.41) is 0. The van der Waals surface area contributed by atoms with Crippen molar-refractivity contribution in [1.29, 1.82) is 0 Å². The van der Waals surface area contributed by atoms with Crippen LogP contribution >= 0.6 is 0 Å². The molecule has 6 heteroatoms. The topological polar surface area (TPSA) is 48.1 Å². The van der Waals surface area contributed by atoms with E-state index in [1.54, 1.807) is 19.1 Å². The molecular weight excluding hydrogens is 269 g/mol. The fraction of sp³-hybridized carbons (Fsp3) is 0.214. The highest BCUT2D eigenvalue weighted by molar-refractivity contribution is 5.40. The van der Waals surface area contributed by atoms with Crippen LogP contribution in [0.2, 0.25) is 0 Å². The van der Waals surface area contributed by atoms with Gasteiger partial charge in [0.1, 0.15) is 5.75 Å². The highest BCUT2D eigenvalue weighted by Gasteiger charge is 2.34. The second kappa shape index (κ2) is 5.50. The van der Waals surface area contributed by atoms with Crippen molar-refractivity contribution in [2.75, 3.05) is 0 Å². The molecule has 0 saturated carbocycles. The van der Waals surface area contributed by atoms with E-state index in [1.807, 2.05) is 0 Å². The number of rotatable bonds is 3. The first-order valence-corrected chi connectivity index (χ1v) is 5.94. The fourth-order valence-corrected chi connectivity index (χ4v) is 1.73. The van der Waals surface area contributed by atoms with Crippen molar-refractivity contribution >= 4 is 0 Å². The van der Waals surface area contributed by atoms with Crippen LogP contribution in [0.15, 0.2) is 42.6 Å². The maximum atomic E-state index is 12.9. The van der Waals surface area contributed by atoms with Gasteiger partial charge in [-0.3, -0.25) is 0 Å². The zero-order chi connectivity index (χ0) is 14.8. The van der Waals surface area contributed by atoms with Gasteiger partial charge in [-0.05, 0) is 25.1 Å². The van der Waals surface area contributed by atoms with E-state index in [0.29, 0.717) is 5.56 Å². The minimum atomic E-state index is -4.49. The lowest BCUT2D eigenvalue weighted by Gasteiger charge is -2.15. The Morgan fingerprint density at radius 1 is 1.15 bits per heavy atom. The number of halogens is 3. The number of aromatic nitrogens is 1. The van der Waals surface area contributed by atoms with Gasteiger partial charge < -0.3 is 10.5 Å². The number of ether oxygens (including phenoxy) is 1. The van der Waals surface area contributed by atoms with Crippen molar-refractivity contribution < 1.29 is 17.9 Å². The molecule has 0 amide bonds. The number of pyridine rings is 1. The van der Waals surface area contributed by atoms with E-state index in [4.69, 9.17) is 10.5 Å². The molecule has 1 aromatic carbocycles. The summed E-state index contributed by atoms with van der Waals surface area (Å²) in [7, 11) is 0. The average Bonchev–Trinajstić information content (AvgIpc) is 2.38. The summed E-state index contributed by atoms with van der Waals surface area (Å²) in [6.45, 7) is 1.71. The summed E-state index contributed by atoms with van der Waals surface area (Å²) in [6.07, 6.45) is -3.04. The van der Waals surface area contributed by atoms with Crippen molar-refractivity contribution in [1.82, 2.24) is 4.98 Å². The molecular formula is C14H13F3N2O. The summed E-state index contributed by atoms with van der Waals surface area (Å²) in [4.78, 5) is 3.95. The van der Waals surface area contributed by atoms with Gasteiger partial charge in [0, 0.05) is 17.8 Å². The van der Waals surface area contributed by atoms with Crippen molar-refractivity contribution in [2.24, 2.45) is 5.73 Å². The zero-order valence-corrected chi connectivity index (χ0v) is 10.7. The first-order chi connectivity index (χ1) is 9.39. The molecule has 20 heavy (non-hydrogen) atoms.